The smallest absolute Gasteiger partial charge is 0.174 e. The van der Waals surface area contributed by atoms with E-state index in [1.807, 2.05) is 63.2 Å². The topological polar surface area (TPSA) is 30.0 Å². The van der Waals surface area contributed by atoms with Crippen LogP contribution in [0.3, 0.4) is 0 Å². The molecule has 0 N–H and O–H groups in total. The Hall–Kier alpha value is -1.96. The molecule has 0 unspecified atom stereocenters. The van der Waals surface area contributed by atoms with Crippen LogP contribution in [0.2, 0.25) is 0 Å². The fourth-order valence-electron chi connectivity index (χ4n) is 1.95. The summed E-state index contributed by atoms with van der Waals surface area (Å²) in [6, 6.07) is 13.6. The third-order valence-corrected chi connectivity index (χ3v) is 3.24. The van der Waals surface area contributed by atoms with Crippen LogP contribution in [0.1, 0.15) is 35.5 Å². The van der Waals surface area contributed by atoms with Gasteiger partial charge in [0.1, 0.15) is 0 Å². The first-order valence-corrected chi connectivity index (χ1v) is 6.05. The van der Waals surface area contributed by atoms with Crippen molar-refractivity contribution in [2.24, 2.45) is 0 Å². The van der Waals surface area contributed by atoms with Crippen LogP contribution in [0.25, 0.3) is 0 Å². The average molecular weight is 239 g/mol. The SMILES string of the molecule is Cc1ccc(C(=O)C(C)(C)c2ccccc2)cn1. The van der Waals surface area contributed by atoms with Gasteiger partial charge < -0.3 is 0 Å². The zero-order valence-electron chi connectivity index (χ0n) is 11.0. The summed E-state index contributed by atoms with van der Waals surface area (Å²) in [7, 11) is 0. The van der Waals surface area contributed by atoms with Crippen molar-refractivity contribution in [1.29, 1.82) is 0 Å². The number of Topliss-reactive ketones (excluding diaryl/α,β-unsaturated/α-hetero) is 1. The Labute approximate surface area is 108 Å². The van der Waals surface area contributed by atoms with Crippen LogP contribution in [-0.2, 0) is 5.41 Å². The van der Waals surface area contributed by atoms with Gasteiger partial charge in [0.25, 0.3) is 0 Å². The number of benzene rings is 1. The van der Waals surface area contributed by atoms with Gasteiger partial charge in [-0.3, -0.25) is 9.78 Å². The van der Waals surface area contributed by atoms with Crippen molar-refractivity contribution in [2.45, 2.75) is 26.2 Å². The molecular formula is C16H17NO. The fourth-order valence-corrected chi connectivity index (χ4v) is 1.95. The van der Waals surface area contributed by atoms with Gasteiger partial charge in [-0.15, -0.1) is 0 Å². The van der Waals surface area contributed by atoms with Gasteiger partial charge in [0.15, 0.2) is 5.78 Å². The molecular weight excluding hydrogens is 222 g/mol. The van der Waals surface area contributed by atoms with E-state index < -0.39 is 5.41 Å². The maximum atomic E-state index is 12.5. The first-order valence-electron chi connectivity index (χ1n) is 6.05. The highest BCUT2D eigenvalue weighted by Gasteiger charge is 2.30. The number of nitrogens with zero attached hydrogens (tertiary/aromatic N) is 1. The lowest BCUT2D eigenvalue weighted by molar-refractivity contribution is 0.0908. The predicted molar refractivity (Wildman–Crippen MR) is 72.8 cm³/mol. The van der Waals surface area contributed by atoms with Gasteiger partial charge in [0.2, 0.25) is 0 Å². The molecule has 0 saturated heterocycles. The second-order valence-corrected chi connectivity index (χ2v) is 5.01. The number of carbonyl (C=O) groups is 1. The van der Waals surface area contributed by atoms with Gasteiger partial charge in [0, 0.05) is 17.5 Å². The summed E-state index contributed by atoms with van der Waals surface area (Å²) >= 11 is 0. The normalized spacial score (nSPS) is 11.3. The molecule has 1 heterocycles. The molecule has 2 aromatic rings. The molecule has 0 amide bonds. The number of aromatic nitrogens is 1. The van der Waals surface area contributed by atoms with E-state index in [2.05, 4.69) is 4.98 Å². The highest BCUT2D eigenvalue weighted by Crippen LogP contribution is 2.27. The van der Waals surface area contributed by atoms with Crippen molar-refractivity contribution in [3.63, 3.8) is 0 Å². The third-order valence-electron chi connectivity index (χ3n) is 3.24. The molecule has 0 atom stereocenters. The Morgan fingerprint density at radius 3 is 2.28 bits per heavy atom. The molecule has 1 aromatic heterocycles. The van der Waals surface area contributed by atoms with Crippen LogP contribution < -0.4 is 0 Å². The molecule has 0 aliphatic carbocycles. The summed E-state index contributed by atoms with van der Waals surface area (Å²) in [6.45, 7) is 5.81. The molecule has 0 aliphatic heterocycles. The number of carbonyl (C=O) groups excluding carboxylic acids is 1. The number of pyridine rings is 1. The predicted octanol–water partition coefficient (Wildman–Crippen LogP) is 3.55. The summed E-state index contributed by atoms with van der Waals surface area (Å²) in [5.74, 6) is 0.0983. The highest BCUT2D eigenvalue weighted by atomic mass is 16.1. The molecule has 0 saturated carbocycles. The molecule has 2 rings (SSSR count). The number of hydrogen-bond donors (Lipinski definition) is 0. The Bertz CT molecular complexity index is 541. The minimum atomic E-state index is -0.530. The lowest BCUT2D eigenvalue weighted by Crippen LogP contribution is -2.29. The summed E-state index contributed by atoms with van der Waals surface area (Å²) < 4.78 is 0. The van der Waals surface area contributed by atoms with E-state index >= 15 is 0 Å². The van der Waals surface area contributed by atoms with E-state index in [0.717, 1.165) is 11.3 Å². The first kappa shape index (κ1) is 12.5. The molecule has 0 bridgehead atoms. The van der Waals surface area contributed by atoms with Gasteiger partial charge in [-0.2, -0.15) is 0 Å². The van der Waals surface area contributed by atoms with Crippen LogP contribution in [0, 0.1) is 6.92 Å². The summed E-state index contributed by atoms with van der Waals surface area (Å²) in [6.07, 6.45) is 1.66. The van der Waals surface area contributed by atoms with Crippen molar-refractivity contribution in [3.8, 4) is 0 Å². The van der Waals surface area contributed by atoms with Crippen molar-refractivity contribution in [3.05, 3.63) is 65.5 Å². The maximum Gasteiger partial charge on any atom is 0.174 e. The van der Waals surface area contributed by atoms with Crippen LogP contribution in [0.15, 0.2) is 48.7 Å². The van der Waals surface area contributed by atoms with E-state index in [9.17, 15) is 4.79 Å². The van der Waals surface area contributed by atoms with Gasteiger partial charge in [-0.05, 0) is 38.5 Å². The van der Waals surface area contributed by atoms with Crippen molar-refractivity contribution >= 4 is 5.78 Å². The minimum Gasteiger partial charge on any atom is -0.293 e. The average Bonchev–Trinajstić information content (AvgIpc) is 2.40. The van der Waals surface area contributed by atoms with Gasteiger partial charge in [-0.25, -0.2) is 0 Å². The second kappa shape index (κ2) is 4.73. The standard InChI is InChI=1S/C16H17NO/c1-12-9-10-13(11-17-12)15(18)16(2,3)14-7-5-4-6-8-14/h4-11H,1-3H3. The molecule has 1 aromatic carbocycles. The van der Waals surface area contributed by atoms with Gasteiger partial charge in [0.05, 0.1) is 5.41 Å². The summed E-state index contributed by atoms with van der Waals surface area (Å²) in [4.78, 5) is 16.7. The Morgan fingerprint density at radius 2 is 1.72 bits per heavy atom. The largest absolute Gasteiger partial charge is 0.293 e. The Balaban J connectivity index is 2.36. The molecule has 2 heteroatoms. The van der Waals surface area contributed by atoms with E-state index in [4.69, 9.17) is 0 Å². The minimum absolute atomic E-state index is 0.0983. The Morgan fingerprint density at radius 1 is 1.06 bits per heavy atom. The van der Waals surface area contributed by atoms with Crippen molar-refractivity contribution in [2.75, 3.05) is 0 Å². The molecule has 0 aliphatic rings. The Kier molecular flexibility index (Phi) is 3.28. The van der Waals surface area contributed by atoms with Crippen molar-refractivity contribution in [1.82, 2.24) is 4.98 Å². The van der Waals surface area contributed by atoms with Crippen molar-refractivity contribution < 1.29 is 4.79 Å². The lowest BCUT2D eigenvalue weighted by Gasteiger charge is -2.23. The number of rotatable bonds is 3. The quantitative estimate of drug-likeness (QED) is 0.767. The van der Waals surface area contributed by atoms with Gasteiger partial charge >= 0.3 is 0 Å². The third kappa shape index (κ3) is 2.33. The van der Waals surface area contributed by atoms with E-state index in [1.165, 1.54) is 0 Å². The molecule has 0 spiro atoms. The van der Waals surface area contributed by atoms with Crippen LogP contribution >= 0.6 is 0 Å². The van der Waals surface area contributed by atoms with Crippen LogP contribution in [0.4, 0.5) is 0 Å². The monoisotopic (exact) mass is 239 g/mol. The second-order valence-electron chi connectivity index (χ2n) is 5.01. The zero-order chi connectivity index (χ0) is 13.2. The van der Waals surface area contributed by atoms with E-state index in [-0.39, 0.29) is 5.78 Å². The van der Waals surface area contributed by atoms with Crippen LogP contribution in [0.5, 0.6) is 0 Å². The molecule has 2 nitrogen and oxygen atoms in total. The van der Waals surface area contributed by atoms with E-state index in [0.29, 0.717) is 5.56 Å². The molecule has 0 radical (unpaired) electrons. The number of hydrogen-bond acceptors (Lipinski definition) is 2. The maximum absolute atomic E-state index is 12.5. The first-order chi connectivity index (χ1) is 8.51. The zero-order valence-corrected chi connectivity index (χ0v) is 11.0. The molecule has 18 heavy (non-hydrogen) atoms. The summed E-state index contributed by atoms with van der Waals surface area (Å²) in [5, 5.41) is 0. The lowest BCUT2D eigenvalue weighted by atomic mass is 9.78. The summed E-state index contributed by atoms with van der Waals surface area (Å²) in [5.41, 5.74) is 2.08. The van der Waals surface area contributed by atoms with Gasteiger partial charge in [-0.1, -0.05) is 30.3 Å². The highest BCUT2D eigenvalue weighted by molar-refractivity contribution is 6.03. The molecule has 0 fully saturated rings. The van der Waals surface area contributed by atoms with Crippen LogP contribution in [-0.4, -0.2) is 10.8 Å². The number of ketones is 1. The molecule has 92 valence electrons. The van der Waals surface area contributed by atoms with E-state index in [1.54, 1.807) is 6.20 Å². The number of aryl methyl sites for hydroxylation is 1. The fraction of sp³-hybridized carbons (Fsp3) is 0.250.